The summed E-state index contributed by atoms with van der Waals surface area (Å²) in [6.07, 6.45) is 5.95. The number of aromatic amines is 2. The molecule has 3 aromatic carbocycles. The summed E-state index contributed by atoms with van der Waals surface area (Å²) in [6, 6.07) is 22.7. The van der Waals surface area contributed by atoms with Crippen LogP contribution >= 0.6 is 0 Å². The summed E-state index contributed by atoms with van der Waals surface area (Å²) in [5, 5.41) is 11.2. The first-order chi connectivity index (χ1) is 22.2. The quantitative estimate of drug-likeness (QED) is 0.168. The maximum absolute atomic E-state index is 14.6. The van der Waals surface area contributed by atoms with Gasteiger partial charge in [0, 0.05) is 41.0 Å². The standard InChI is InChI=1S/C33H25FN8O3S/c1-46(44,45)37-16-19-11-22(13-24(34)12-19)26-9-10-36-31-29(26)39-32(40-31)30-27-15-21(7-8-28(27)41-42-30)23-14-25(18-35-17-23)38-33(43)20-5-3-2-4-6-20/h2-15,17-18,37H,16H2,1H3,(H,38,43)(H,41,42)(H,36,39,40). The highest BCUT2D eigenvalue weighted by Crippen LogP contribution is 2.33. The van der Waals surface area contributed by atoms with Gasteiger partial charge in [-0.3, -0.25) is 14.9 Å². The number of fused-ring (bicyclic) bond motifs is 2. The molecule has 0 bridgehead atoms. The zero-order chi connectivity index (χ0) is 31.8. The molecule has 46 heavy (non-hydrogen) atoms. The van der Waals surface area contributed by atoms with Crippen molar-refractivity contribution in [2.45, 2.75) is 6.54 Å². The van der Waals surface area contributed by atoms with Gasteiger partial charge in [-0.05, 0) is 71.3 Å². The van der Waals surface area contributed by atoms with Crippen LogP contribution in [-0.4, -0.2) is 50.7 Å². The number of amides is 1. The number of imidazole rings is 1. The molecule has 0 atom stereocenters. The number of pyridine rings is 2. The molecule has 4 aromatic heterocycles. The molecule has 0 fully saturated rings. The molecule has 0 radical (unpaired) electrons. The summed E-state index contributed by atoms with van der Waals surface area (Å²) in [5.74, 6) is -0.284. The van der Waals surface area contributed by atoms with Crippen LogP contribution in [0.25, 0.3) is 55.8 Å². The molecule has 11 nitrogen and oxygen atoms in total. The van der Waals surface area contributed by atoms with Gasteiger partial charge in [0.15, 0.2) is 11.5 Å². The fourth-order valence-electron chi connectivity index (χ4n) is 5.21. The normalized spacial score (nSPS) is 11.7. The molecule has 0 saturated carbocycles. The molecule has 1 amide bonds. The molecule has 0 saturated heterocycles. The highest BCUT2D eigenvalue weighted by molar-refractivity contribution is 7.88. The summed E-state index contributed by atoms with van der Waals surface area (Å²) in [4.78, 5) is 29.5. The average molecular weight is 633 g/mol. The predicted octanol–water partition coefficient (Wildman–Crippen LogP) is 5.67. The fraction of sp³-hybridized carbons (Fsp3) is 0.0606. The van der Waals surface area contributed by atoms with Crippen molar-refractivity contribution in [2.24, 2.45) is 0 Å². The maximum Gasteiger partial charge on any atom is 0.255 e. The summed E-state index contributed by atoms with van der Waals surface area (Å²) in [7, 11) is -3.46. The molecule has 0 unspecified atom stereocenters. The van der Waals surface area contributed by atoms with Crippen LogP contribution in [0.3, 0.4) is 0 Å². The van der Waals surface area contributed by atoms with E-state index in [1.54, 1.807) is 55.0 Å². The lowest BCUT2D eigenvalue weighted by atomic mass is 10.0. The second-order valence-corrected chi connectivity index (χ2v) is 12.5. The average Bonchev–Trinajstić information content (AvgIpc) is 3.68. The van der Waals surface area contributed by atoms with Crippen molar-refractivity contribution >= 4 is 43.7 Å². The molecule has 13 heteroatoms. The summed E-state index contributed by atoms with van der Waals surface area (Å²) in [5.41, 5.74) is 6.67. The third-order valence-electron chi connectivity index (χ3n) is 7.34. The van der Waals surface area contributed by atoms with Crippen molar-refractivity contribution < 1.29 is 17.6 Å². The lowest BCUT2D eigenvalue weighted by Gasteiger charge is -2.08. The SMILES string of the molecule is CS(=O)(=O)NCc1cc(F)cc(-c2ccnc3[nH]c(-c4n[nH]c5ccc(-c6cncc(NC(=O)c7ccccc7)c6)cc45)nc23)c1. The lowest BCUT2D eigenvalue weighted by molar-refractivity contribution is 0.102. The van der Waals surface area contributed by atoms with Gasteiger partial charge in [-0.2, -0.15) is 5.10 Å². The number of carbonyl (C=O) groups is 1. The lowest BCUT2D eigenvalue weighted by Crippen LogP contribution is -2.21. The van der Waals surface area contributed by atoms with Crippen LogP contribution in [0.15, 0.2) is 97.5 Å². The number of hydrogen-bond donors (Lipinski definition) is 4. The highest BCUT2D eigenvalue weighted by Gasteiger charge is 2.18. The molecule has 0 spiro atoms. The monoisotopic (exact) mass is 632 g/mol. The van der Waals surface area contributed by atoms with Gasteiger partial charge in [0.25, 0.3) is 5.91 Å². The van der Waals surface area contributed by atoms with Gasteiger partial charge in [0.05, 0.1) is 23.7 Å². The van der Waals surface area contributed by atoms with Gasteiger partial charge in [-0.25, -0.2) is 27.5 Å². The Kier molecular flexibility index (Phi) is 7.31. The zero-order valence-electron chi connectivity index (χ0n) is 24.2. The van der Waals surface area contributed by atoms with Crippen molar-refractivity contribution in [3.63, 3.8) is 0 Å². The van der Waals surface area contributed by atoms with E-state index in [9.17, 15) is 17.6 Å². The van der Waals surface area contributed by atoms with Crippen LogP contribution in [0.5, 0.6) is 0 Å². The third-order valence-corrected chi connectivity index (χ3v) is 8.01. The van der Waals surface area contributed by atoms with Gasteiger partial charge in [0.2, 0.25) is 10.0 Å². The van der Waals surface area contributed by atoms with Gasteiger partial charge >= 0.3 is 0 Å². The number of nitrogens with zero attached hydrogens (tertiary/aromatic N) is 4. The summed E-state index contributed by atoms with van der Waals surface area (Å²) < 4.78 is 40.2. The topological polar surface area (TPSA) is 158 Å². The van der Waals surface area contributed by atoms with Crippen LogP contribution in [0.1, 0.15) is 15.9 Å². The van der Waals surface area contributed by atoms with E-state index >= 15 is 0 Å². The number of nitrogens with one attached hydrogen (secondary N) is 4. The molecule has 228 valence electrons. The minimum Gasteiger partial charge on any atom is -0.321 e. The number of aromatic nitrogens is 6. The van der Waals surface area contributed by atoms with E-state index in [-0.39, 0.29) is 12.5 Å². The second-order valence-electron chi connectivity index (χ2n) is 10.7. The van der Waals surface area contributed by atoms with Crippen molar-refractivity contribution in [3.05, 3.63) is 114 Å². The van der Waals surface area contributed by atoms with Crippen molar-refractivity contribution in [1.82, 2.24) is 34.9 Å². The van der Waals surface area contributed by atoms with Crippen LogP contribution in [0, 0.1) is 5.82 Å². The van der Waals surface area contributed by atoms with Gasteiger partial charge in [-0.15, -0.1) is 0 Å². The minimum atomic E-state index is -3.46. The first-order valence-corrected chi connectivity index (χ1v) is 16.0. The first-order valence-electron chi connectivity index (χ1n) is 14.1. The van der Waals surface area contributed by atoms with E-state index in [1.807, 2.05) is 30.3 Å². The smallest absolute Gasteiger partial charge is 0.255 e. The van der Waals surface area contributed by atoms with Crippen LogP contribution in [-0.2, 0) is 16.6 Å². The Labute approximate surface area is 262 Å². The largest absolute Gasteiger partial charge is 0.321 e. The molecular formula is C33H25FN8O3S. The number of hydrogen-bond acceptors (Lipinski definition) is 7. The molecule has 4 heterocycles. The molecule has 7 aromatic rings. The van der Waals surface area contributed by atoms with E-state index in [0.717, 1.165) is 28.3 Å². The van der Waals surface area contributed by atoms with E-state index in [0.29, 0.717) is 50.6 Å². The van der Waals surface area contributed by atoms with Crippen molar-refractivity contribution in [2.75, 3.05) is 11.6 Å². The number of benzene rings is 3. The molecular weight excluding hydrogens is 607 g/mol. The predicted molar refractivity (Wildman–Crippen MR) is 174 cm³/mol. The summed E-state index contributed by atoms with van der Waals surface area (Å²) in [6.45, 7) is -0.0525. The van der Waals surface area contributed by atoms with E-state index in [1.165, 1.54) is 12.1 Å². The Morgan fingerprint density at radius 1 is 0.935 bits per heavy atom. The second kappa shape index (κ2) is 11.6. The highest BCUT2D eigenvalue weighted by atomic mass is 32.2. The number of H-pyrrole nitrogens is 2. The fourth-order valence-corrected chi connectivity index (χ4v) is 5.64. The van der Waals surface area contributed by atoms with Crippen LogP contribution in [0.4, 0.5) is 10.1 Å². The van der Waals surface area contributed by atoms with Gasteiger partial charge < -0.3 is 10.3 Å². The summed E-state index contributed by atoms with van der Waals surface area (Å²) >= 11 is 0. The van der Waals surface area contributed by atoms with E-state index in [4.69, 9.17) is 4.98 Å². The molecule has 4 N–H and O–H groups in total. The zero-order valence-corrected chi connectivity index (χ0v) is 25.1. The van der Waals surface area contributed by atoms with Gasteiger partial charge in [0.1, 0.15) is 17.0 Å². The van der Waals surface area contributed by atoms with Crippen molar-refractivity contribution in [1.29, 1.82) is 0 Å². The third kappa shape index (κ3) is 5.96. The molecule has 0 aliphatic rings. The first kappa shape index (κ1) is 29.0. The van der Waals surface area contributed by atoms with Crippen molar-refractivity contribution in [3.8, 4) is 33.8 Å². The number of carbonyl (C=O) groups excluding carboxylic acids is 1. The van der Waals surface area contributed by atoms with E-state index in [2.05, 4.69) is 35.2 Å². The number of sulfonamides is 1. The Bertz CT molecular complexity index is 2370. The Morgan fingerprint density at radius 3 is 2.61 bits per heavy atom. The van der Waals surface area contributed by atoms with Gasteiger partial charge in [-0.1, -0.05) is 24.3 Å². The Hall–Kier alpha value is -5.79. The number of rotatable bonds is 8. The van der Waals surface area contributed by atoms with E-state index < -0.39 is 15.8 Å². The number of halogens is 1. The molecule has 0 aliphatic carbocycles. The molecule has 0 aliphatic heterocycles. The maximum atomic E-state index is 14.6. The minimum absolute atomic E-state index is 0.0525. The Balaban J connectivity index is 1.22. The van der Waals surface area contributed by atoms with Crippen LogP contribution in [0.2, 0.25) is 0 Å². The number of anilines is 1. The Morgan fingerprint density at radius 2 is 1.78 bits per heavy atom. The van der Waals surface area contributed by atoms with Crippen LogP contribution < -0.4 is 10.0 Å². The molecule has 7 rings (SSSR count).